The monoisotopic (exact) mass is 287 g/mol. The molecule has 1 amide bonds. The van der Waals surface area contributed by atoms with Crippen LogP contribution >= 0.6 is 0 Å². The smallest absolute Gasteiger partial charge is 0.251 e. The molecule has 0 radical (unpaired) electrons. The Morgan fingerprint density at radius 3 is 3.00 bits per heavy atom. The number of carbonyl (C=O) groups excluding carboxylic acids is 1. The van der Waals surface area contributed by atoms with Gasteiger partial charge in [-0.1, -0.05) is 13.3 Å². The predicted octanol–water partition coefficient (Wildman–Crippen LogP) is 1.63. The van der Waals surface area contributed by atoms with E-state index in [0.29, 0.717) is 17.9 Å². The van der Waals surface area contributed by atoms with Gasteiger partial charge in [0.05, 0.1) is 0 Å². The Hall–Kier alpha value is -2.37. The van der Waals surface area contributed by atoms with E-state index >= 15 is 0 Å². The summed E-state index contributed by atoms with van der Waals surface area (Å²) in [5.74, 6) is 0.282. The van der Waals surface area contributed by atoms with Gasteiger partial charge in [0.1, 0.15) is 5.82 Å². The summed E-state index contributed by atoms with van der Waals surface area (Å²) in [5.41, 5.74) is 7.18. The first-order chi connectivity index (χ1) is 10.2. The summed E-state index contributed by atoms with van der Waals surface area (Å²) >= 11 is 0. The molecule has 6 heteroatoms. The van der Waals surface area contributed by atoms with Crippen LogP contribution in [0.1, 0.15) is 35.8 Å². The maximum atomic E-state index is 12.1. The van der Waals surface area contributed by atoms with Crippen LogP contribution < -0.4 is 11.1 Å². The molecule has 0 aliphatic rings. The van der Waals surface area contributed by atoms with Crippen LogP contribution in [-0.4, -0.2) is 27.2 Å². The van der Waals surface area contributed by atoms with Gasteiger partial charge in [-0.05, 0) is 31.0 Å². The molecule has 6 nitrogen and oxygen atoms in total. The summed E-state index contributed by atoms with van der Waals surface area (Å²) in [6, 6.07) is 5.30. The van der Waals surface area contributed by atoms with Crippen molar-refractivity contribution in [2.45, 2.75) is 32.7 Å². The Labute approximate surface area is 124 Å². The van der Waals surface area contributed by atoms with Crippen LogP contribution in [0.4, 0.5) is 5.82 Å². The van der Waals surface area contributed by atoms with E-state index in [1.165, 1.54) is 0 Å². The van der Waals surface area contributed by atoms with Crippen molar-refractivity contribution in [1.82, 2.24) is 20.1 Å². The van der Waals surface area contributed by atoms with Crippen molar-refractivity contribution in [3.8, 4) is 0 Å². The number of anilines is 1. The highest BCUT2D eigenvalue weighted by atomic mass is 16.1. The lowest BCUT2D eigenvalue weighted by Gasteiger charge is -2.08. The number of pyridine rings is 1. The first kappa shape index (κ1) is 15.0. The SMILES string of the molecule is CCCc1cc(C(=O)NCCCn2cccn2)cc(N)n1. The number of carbonyl (C=O) groups is 1. The minimum Gasteiger partial charge on any atom is -0.384 e. The highest BCUT2D eigenvalue weighted by Crippen LogP contribution is 2.09. The van der Waals surface area contributed by atoms with Crippen molar-refractivity contribution in [3.05, 3.63) is 41.9 Å². The molecule has 0 atom stereocenters. The first-order valence-electron chi connectivity index (χ1n) is 7.21. The first-order valence-corrected chi connectivity index (χ1v) is 7.21. The molecule has 0 saturated heterocycles. The van der Waals surface area contributed by atoms with Gasteiger partial charge in [0, 0.05) is 36.7 Å². The molecule has 0 aliphatic carbocycles. The number of hydrogen-bond acceptors (Lipinski definition) is 4. The third-order valence-electron chi connectivity index (χ3n) is 3.08. The second-order valence-electron chi connectivity index (χ2n) is 4.90. The van der Waals surface area contributed by atoms with Gasteiger partial charge in [-0.25, -0.2) is 4.98 Å². The second-order valence-corrected chi connectivity index (χ2v) is 4.90. The fourth-order valence-corrected chi connectivity index (χ4v) is 2.10. The molecular formula is C15H21N5O. The topological polar surface area (TPSA) is 85.8 Å². The van der Waals surface area contributed by atoms with Gasteiger partial charge in [0.25, 0.3) is 5.91 Å². The van der Waals surface area contributed by atoms with Crippen LogP contribution in [0.2, 0.25) is 0 Å². The van der Waals surface area contributed by atoms with Crippen molar-refractivity contribution in [3.63, 3.8) is 0 Å². The third-order valence-corrected chi connectivity index (χ3v) is 3.08. The van der Waals surface area contributed by atoms with Crippen LogP contribution in [0.3, 0.4) is 0 Å². The Balaban J connectivity index is 1.85. The molecule has 0 aliphatic heterocycles. The van der Waals surface area contributed by atoms with Crippen LogP contribution in [0, 0.1) is 0 Å². The number of amides is 1. The predicted molar refractivity (Wildman–Crippen MR) is 81.8 cm³/mol. The van der Waals surface area contributed by atoms with Crippen molar-refractivity contribution >= 4 is 11.7 Å². The number of hydrogen-bond donors (Lipinski definition) is 2. The zero-order chi connectivity index (χ0) is 15.1. The summed E-state index contributed by atoms with van der Waals surface area (Å²) in [5, 5.41) is 7.01. The minimum absolute atomic E-state index is 0.109. The highest BCUT2D eigenvalue weighted by Gasteiger charge is 2.08. The zero-order valence-electron chi connectivity index (χ0n) is 12.2. The summed E-state index contributed by atoms with van der Waals surface area (Å²) < 4.78 is 1.84. The molecular weight excluding hydrogens is 266 g/mol. The lowest BCUT2D eigenvalue weighted by Crippen LogP contribution is -2.25. The number of nitrogens with two attached hydrogens (primary N) is 1. The van der Waals surface area contributed by atoms with Crippen LogP contribution in [0.25, 0.3) is 0 Å². The third kappa shape index (κ3) is 4.59. The van der Waals surface area contributed by atoms with Gasteiger partial charge in [0.2, 0.25) is 0 Å². The van der Waals surface area contributed by atoms with E-state index in [1.54, 1.807) is 12.3 Å². The van der Waals surface area contributed by atoms with Crippen molar-refractivity contribution in [2.75, 3.05) is 12.3 Å². The van der Waals surface area contributed by atoms with E-state index in [0.717, 1.165) is 31.5 Å². The molecule has 0 unspecified atom stereocenters. The largest absolute Gasteiger partial charge is 0.384 e. The molecule has 0 bridgehead atoms. The van der Waals surface area contributed by atoms with E-state index in [1.807, 2.05) is 23.0 Å². The highest BCUT2D eigenvalue weighted by molar-refractivity contribution is 5.94. The number of nitrogens with zero attached hydrogens (tertiary/aromatic N) is 3. The molecule has 2 heterocycles. The van der Waals surface area contributed by atoms with E-state index in [4.69, 9.17) is 5.73 Å². The molecule has 2 aromatic heterocycles. The van der Waals surface area contributed by atoms with E-state index < -0.39 is 0 Å². The van der Waals surface area contributed by atoms with E-state index in [9.17, 15) is 4.79 Å². The standard InChI is InChI=1S/C15H21N5O/c1-2-5-13-10-12(11-14(16)19-13)15(21)17-6-3-8-20-9-4-7-18-20/h4,7,9-11H,2-3,5-6,8H2,1H3,(H2,16,19)(H,17,21). The Bertz CT molecular complexity index is 580. The fraction of sp³-hybridized carbons (Fsp3) is 0.400. The molecule has 21 heavy (non-hydrogen) atoms. The van der Waals surface area contributed by atoms with Crippen molar-refractivity contribution in [1.29, 1.82) is 0 Å². The maximum absolute atomic E-state index is 12.1. The van der Waals surface area contributed by atoms with Gasteiger partial charge in [-0.2, -0.15) is 5.10 Å². The lowest BCUT2D eigenvalue weighted by molar-refractivity contribution is 0.0952. The van der Waals surface area contributed by atoms with Crippen molar-refractivity contribution < 1.29 is 4.79 Å². The summed E-state index contributed by atoms with van der Waals surface area (Å²) in [7, 11) is 0. The number of aromatic nitrogens is 3. The molecule has 0 spiro atoms. The fourth-order valence-electron chi connectivity index (χ4n) is 2.10. The number of aryl methyl sites for hydroxylation is 2. The van der Waals surface area contributed by atoms with Crippen LogP contribution in [0.15, 0.2) is 30.6 Å². The Morgan fingerprint density at radius 1 is 1.43 bits per heavy atom. The van der Waals surface area contributed by atoms with Gasteiger partial charge < -0.3 is 11.1 Å². The zero-order valence-corrected chi connectivity index (χ0v) is 12.2. The van der Waals surface area contributed by atoms with Gasteiger partial charge in [-0.15, -0.1) is 0 Å². The average molecular weight is 287 g/mol. The summed E-state index contributed by atoms with van der Waals surface area (Å²) in [6.07, 6.45) is 6.28. The van der Waals surface area contributed by atoms with E-state index in [2.05, 4.69) is 22.3 Å². The minimum atomic E-state index is -0.109. The molecule has 0 saturated carbocycles. The summed E-state index contributed by atoms with van der Waals surface area (Å²) in [4.78, 5) is 16.3. The molecule has 3 N–H and O–H groups in total. The Morgan fingerprint density at radius 2 is 2.29 bits per heavy atom. The lowest BCUT2D eigenvalue weighted by atomic mass is 10.1. The molecule has 112 valence electrons. The second kappa shape index (κ2) is 7.42. The van der Waals surface area contributed by atoms with Crippen molar-refractivity contribution in [2.24, 2.45) is 0 Å². The number of rotatable bonds is 7. The van der Waals surface area contributed by atoms with Crippen LogP contribution in [-0.2, 0) is 13.0 Å². The maximum Gasteiger partial charge on any atom is 0.251 e. The average Bonchev–Trinajstić information content (AvgIpc) is 2.96. The number of nitrogen functional groups attached to an aromatic ring is 1. The molecule has 0 fully saturated rings. The van der Waals surface area contributed by atoms with Gasteiger partial charge in [0.15, 0.2) is 0 Å². The molecule has 2 rings (SSSR count). The van der Waals surface area contributed by atoms with Crippen LogP contribution in [0.5, 0.6) is 0 Å². The molecule has 2 aromatic rings. The summed E-state index contributed by atoms with van der Waals surface area (Å²) in [6.45, 7) is 3.46. The quantitative estimate of drug-likeness (QED) is 0.758. The van der Waals surface area contributed by atoms with Gasteiger partial charge in [-0.3, -0.25) is 9.48 Å². The molecule has 0 aromatic carbocycles. The normalized spacial score (nSPS) is 10.5. The van der Waals surface area contributed by atoms with Gasteiger partial charge >= 0.3 is 0 Å². The number of nitrogens with one attached hydrogen (secondary N) is 1. The Kier molecular flexibility index (Phi) is 5.31. The van der Waals surface area contributed by atoms with E-state index in [-0.39, 0.29) is 5.91 Å².